The second kappa shape index (κ2) is 9.15. The Hall–Kier alpha value is -2.18. The van der Waals surface area contributed by atoms with Crippen LogP contribution in [0.1, 0.15) is 43.4 Å². The number of halogens is 2. The summed E-state index contributed by atoms with van der Waals surface area (Å²) in [6, 6.07) is 9.36. The number of nitrogens with zero attached hydrogens (tertiary/aromatic N) is 1. The first-order valence-electron chi connectivity index (χ1n) is 8.86. The molecule has 146 valence electrons. The van der Waals surface area contributed by atoms with E-state index in [0.717, 1.165) is 5.56 Å². The number of benzene rings is 1. The Kier molecular flexibility index (Phi) is 7.16. The molecule has 3 N–H and O–H groups in total. The fraction of sp³-hybridized carbons (Fsp3) is 0.400. The molecule has 7 heteroatoms. The molecule has 0 spiro atoms. The first kappa shape index (κ1) is 21.1. The molecule has 0 bridgehead atoms. The van der Waals surface area contributed by atoms with Gasteiger partial charge in [-0.2, -0.15) is 0 Å². The average molecular weight is 395 g/mol. The Morgan fingerprint density at radius 2 is 1.85 bits per heavy atom. The molecule has 0 atom stereocenters. The van der Waals surface area contributed by atoms with Crippen molar-refractivity contribution in [1.29, 1.82) is 0 Å². The van der Waals surface area contributed by atoms with Gasteiger partial charge in [-0.1, -0.05) is 12.1 Å². The van der Waals surface area contributed by atoms with Crippen molar-refractivity contribution in [1.82, 2.24) is 10.3 Å². The van der Waals surface area contributed by atoms with Crippen molar-refractivity contribution in [3.05, 3.63) is 59.7 Å². The second-order valence-electron chi connectivity index (χ2n) is 6.90. The van der Waals surface area contributed by atoms with Crippen LogP contribution in [0.2, 0.25) is 0 Å². The van der Waals surface area contributed by atoms with E-state index in [1.54, 1.807) is 18.2 Å². The molecule has 27 heavy (non-hydrogen) atoms. The maximum Gasteiger partial charge on any atom is 0.220 e. The number of hydrogen-bond donors (Lipinski definition) is 3. The van der Waals surface area contributed by atoms with Gasteiger partial charge in [0.15, 0.2) is 0 Å². The predicted octanol–water partition coefficient (Wildman–Crippen LogP) is 3.23. The van der Waals surface area contributed by atoms with E-state index in [-0.39, 0.29) is 35.9 Å². The molecule has 0 saturated heterocycles. The quantitative estimate of drug-likeness (QED) is 0.727. The smallest absolute Gasteiger partial charge is 0.220 e. The maximum atomic E-state index is 12.9. The van der Waals surface area contributed by atoms with Gasteiger partial charge in [0.2, 0.25) is 5.91 Å². The molecule has 1 saturated carbocycles. The molecule has 0 unspecified atom stereocenters. The van der Waals surface area contributed by atoms with Gasteiger partial charge in [-0.15, -0.1) is 12.4 Å². The van der Waals surface area contributed by atoms with E-state index in [9.17, 15) is 19.4 Å². The standard InChI is InChI=1S/C20H23FN2O3.ClH/c21-15-4-1-14(2-5-15)3-8-19(25)23-16-9-11-20(26,12-10-16)18-7-6-17(24)13-22-18;/h1-2,4-7,13,16,24,26H,3,8-12H2,(H,23,25);1H/t16-,20+;. The molecule has 0 aliphatic heterocycles. The normalized spacial score (nSPS) is 21.9. The summed E-state index contributed by atoms with van der Waals surface area (Å²) >= 11 is 0. The number of pyridine rings is 1. The molecule has 1 aromatic heterocycles. The lowest BCUT2D eigenvalue weighted by atomic mass is 9.80. The zero-order valence-electron chi connectivity index (χ0n) is 14.9. The van der Waals surface area contributed by atoms with E-state index in [2.05, 4.69) is 10.3 Å². The van der Waals surface area contributed by atoms with Gasteiger partial charge >= 0.3 is 0 Å². The Bertz CT molecular complexity index is 745. The third-order valence-corrected chi connectivity index (χ3v) is 4.96. The highest BCUT2D eigenvalue weighted by Gasteiger charge is 2.36. The van der Waals surface area contributed by atoms with Gasteiger partial charge in [0.25, 0.3) is 0 Å². The van der Waals surface area contributed by atoms with Crippen molar-refractivity contribution in [2.24, 2.45) is 0 Å². The highest BCUT2D eigenvalue weighted by Crippen LogP contribution is 2.36. The first-order chi connectivity index (χ1) is 12.4. The fourth-order valence-electron chi connectivity index (χ4n) is 3.37. The van der Waals surface area contributed by atoms with Crippen molar-refractivity contribution >= 4 is 18.3 Å². The Labute approximate surface area is 164 Å². The molecule has 1 fully saturated rings. The summed E-state index contributed by atoms with van der Waals surface area (Å²) in [6.07, 6.45) is 4.60. The topological polar surface area (TPSA) is 82.5 Å². The zero-order valence-corrected chi connectivity index (χ0v) is 15.7. The number of carbonyl (C=O) groups is 1. The van der Waals surface area contributed by atoms with Crippen LogP contribution in [0.25, 0.3) is 0 Å². The lowest BCUT2D eigenvalue weighted by Crippen LogP contribution is -2.42. The van der Waals surface area contributed by atoms with Crippen molar-refractivity contribution < 1.29 is 19.4 Å². The van der Waals surface area contributed by atoms with E-state index in [0.29, 0.717) is 44.2 Å². The van der Waals surface area contributed by atoms with Crippen molar-refractivity contribution in [2.45, 2.75) is 50.2 Å². The van der Waals surface area contributed by atoms with Gasteiger partial charge < -0.3 is 15.5 Å². The van der Waals surface area contributed by atoms with Crippen LogP contribution in [0, 0.1) is 5.82 Å². The summed E-state index contributed by atoms with van der Waals surface area (Å²) < 4.78 is 12.9. The van der Waals surface area contributed by atoms with Gasteiger partial charge in [-0.25, -0.2) is 4.39 Å². The number of rotatable bonds is 5. The predicted molar refractivity (Wildman–Crippen MR) is 102 cm³/mol. The minimum absolute atomic E-state index is 0. The minimum Gasteiger partial charge on any atom is -0.506 e. The molecule has 1 aliphatic rings. The van der Waals surface area contributed by atoms with Crippen LogP contribution in [-0.4, -0.2) is 27.1 Å². The lowest BCUT2D eigenvalue weighted by Gasteiger charge is -2.35. The molecule has 2 aromatic rings. The third kappa shape index (κ3) is 5.65. The van der Waals surface area contributed by atoms with E-state index < -0.39 is 5.60 Å². The molecule has 3 rings (SSSR count). The summed E-state index contributed by atoms with van der Waals surface area (Å²) in [4.78, 5) is 16.2. The van der Waals surface area contributed by atoms with E-state index >= 15 is 0 Å². The highest BCUT2D eigenvalue weighted by atomic mass is 35.5. The molecular formula is C20H24ClFN2O3. The number of aliphatic hydroxyl groups is 1. The van der Waals surface area contributed by atoms with Gasteiger partial charge in [0, 0.05) is 12.5 Å². The summed E-state index contributed by atoms with van der Waals surface area (Å²) in [5, 5.41) is 23.1. The average Bonchev–Trinajstić information content (AvgIpc) is 2.64. The number of nitrogens with one attached hydrogen (secondary N) is 1. The van der Waals surface area contributed by atoms with Crippen LogP contribution in [0.4, 0.5) is 4.39 Å². The maximum absolute atomic E-state index is 12.9. The Morgan fingerprint density at radius 3 is 2.44 bits per heavy atom. The number of aromatic nitrogens is 1. The highest BCUT2D eigenvalue weighted by molar-refractivity contribution is 5.85. The third-order valence-electron chi connectivity index (χ3n) is 4.96. The minimum atomic E-state index is -1.01. The van der Waals surface area contributed by atoms with Gasteiger partial charge in [0.05, 0.1) is 11.9 Å². The van der Waals surface area contributed by atoms with Crippen LogP contribution in [0.15, 0.2) is 42.6 Å². The summed E-state index contributed by atoms with van der Waals surface area (Å²) in [5.41, 5.74) is 0.470. The van der Waals surface area contributed by atoms with Crippen LogP contribution >= 0.6 is 12.4 Å². The first-order valence-corrected chi connectivity index (χ1v) is 8.86. The van der Waals surface area contributed by atoms with Crippen LogP contribution in [0.5, 0.6) is 5.75 Å². The summed E-state index contributed by atoms with van der Waals surface area (Å²) in [5.74, 6) is -0.247. The Balaban J connectivity index is 0.00000261. The zero-order chi connectivity index (χ0) is 18.6. The number of aryl methyl sites for hydroxylation is 1. The monoisotopic (exact) mass is 394 g/mol. The van der Waals surface area contributed by atoms with Crippen molar-refractivity contribution in [3.8, 4) is 5.75 Å². The number of carbonyl (C=O) groups excluding carboxylic acids is 1. The lowest BCUT2D eigenvalue weighted by molar-refractivity contribution is -0.122. The van der Waals surface area contributed by atoms with Gasteiger partial charge in [0.1, 0.15) is 17.2 Å². The number of aromatic hydroxyl groups is 1. The molecular weight excluding hydrogens is 371 g/mol. The van der Waals surface area contributed by atoms with Gasteiger partial charge in [-0.05, 0) is 61.9 Å². The summed E-state index contributed by atoms with van der Waals surface area (Å²) in [6.45, 7) is 0. The van der Waals surface area contributed by atoms with E-state index in [1.807, 2.05) is 0 Å². The SMILES string of the molecule is Cl.O=C(CCc1ccc(F)cc1)N[C@H]1CC[C@](O)(c2ccc(O)cn2)CC1. The molecule has 1 amide bonds. The molecule has 5 nitrogen and oxygen atoms in total. The van der Waals surface area contributed by atoms with Gasteiger partial charge in [-0.3, -0.25) is 9.78 Å². The molecule has 1 heterocycles. The largest absolute Gasteiger partial charge is 0.506 e. The van der Waals surface area contributed by atoms with Crippen molar-refractivity contribution in [2.75, 3.05) is 0 Å². The number of hydrogen-bond acceptors (Lipinski definition) is 4. The van der Waals surface area contributed by atoms with Crippen molar-refractivity contribution in [3.63, 3.8) is 0 Å². The Morgan fingerprint density at radius 1 is 1.19 bits per heavy atom. The van der Waals surface area contributed by atoms with Crippen LogP contribution in [-0.2, 0) is 16.8 Å². The molecule has 0 radical (unpaired) electrons. The molecule has 1 aliphatic carbocycles. The number of amides is 1. The molecule has 1 aromatic carbocycles. The fourth-order valence-corrected chi connectivity index (χ4v) is 3.37. The van der Waals surface area contributed by atoms with Crippen LogP contribution in [0.3, 0.4) is 0 Å². The second-order valence-corrected chi connectivity index (χ2v) is 6.90. The van der Waals surface area contributed by atoms with E-state index in [1.165, 1.54) is 24.4 Å². The van der Waals surface area contributed by atoms with E-state index in [4.69, 9.17) is 0 Å². The summed E-state index contributed by atoms with van der Waals surface area (Å²) in [7, 11) is 0. The van der Waals surface area contributed by atoms with Crippen LogP contribution < -0.4 is 5.32 Å².